The number of nitrogens with zero attached hydrogens (tertiary/aromatic N) is 1. The zero-order valence-electron chi connectivity index (χ0n) is 31.0. The number of hydrogen-bond donors (Lipinski definition) is 0. The summed E-state index contributed by atoms with van der Waals surface area (Å²) in [4.78, 5) is 24.8. The van der Waals surface area contributed by atoms with Gasteiger partial charge in [0, 0.05) is 13.0 Å². The third-order valence-electron chi connectivity index (χ3n) is 8.41. The fourth-order valence-corrected chi connectivity index (χ4v) is 6.10. The third kappa shape index (κ3) is 34.8. The average molecular weight is 678 g/mol. The summed E-state index contributed by atoms with van der Waals surface area (Å²) in [5, 5.41) is 0. The molecule has 9 heteroatoms. The Balaban J connectivity index is 4.14. The molecule has 0 saturated heterocycles. The van der Waals surface area contributed by atoms with E-state index in [0.717, 1.165) is 32.1 Å². The summed E-state index contributed by atoms with van der Waals surface area (Å²) >= 11 is 0. The number of phosphoric ester groups is 1. The lowest BCUT2D eigenvalue weighted by Gasteiger charge is -2.28. The Morgan fingerprint density at radius 3 is 1.43 bits per heavy atom. The van der Waals surface area contributed by atoms with Crippen LogP contribution in [0.4, 0.5) is 0 Å². The lowest BCUT2D eigenvalue weighted by molar-refractivity contribution is -0.870. The van der Waals surface area contributed by atoms with Gasteiger partial charge in [-0.25, -0.2) is 0 Å². The van der Waals surface area contributed by atoms with E-state index in [4.69, 9.17) is 18.5 Å². The fourth-order valence-electron chi connectivity index (χ4n) is 5.37. The predicted octanol–water partition coefficient (Wildman–Crippen LogP) is 9.91. The quantitative estimate of drug-likeness (QED) is 0.0282. The molecule has 0 N–H and O–H groups in total. The first kappa shape index (κ1) is 45.5. The molecule has 0 saturated carbocycles. The van der Waals surface area contributed by atoms with Gasteiger partial charge in [0.2, 0.25) is 0 Å². The van der Waals surface area contributed by atoms with Gasteiger partial charge in [-0.3, -0.25) is 9.36 Å². The second kappa shape index (κ2) is 31.7. The van der Waals surface area contributed by atoms with E-state index in [0.29, 0.717) is 24.1 Å². The summed E-state index contributed by atoms with van der Waals surface area (Å²) in [5.74, 6) is -0.333. The molecule has 0 aliphatic carbocycles. The molecule has 8 nitrogen and oxygen atoms in total. The zero-order chi connectivity index (χ0) is 34.2. The molecule has 0 aromatic carbocycles. The highest BCUT2D eigenvalue weighted by Crippen LogP contribution is 2.38. The summed E-state index contributed by atoms with van der Waals surface area (Å²) in [6.45, 7) is 5.40. The van der Waals surface area contributed by atoms with Crippen LogP contribution in [0.25, 0.3) is 0 Å². The molecule has 0 amide bonds. The van der Waals surface area contributed by atoms with Crippen molar-refractivity contribution in [2.45, 2.75) is 180 Å². The molecular weight excluding hydrogens is 601 g/mol. The van der Waals surface area contributed by atoms with Crippen LogP contribution in [0.3, 0.4) is 0 Å². The van der Waals surface area contributed by atoms with E-state index in [-0.39, 0.29) is 25.8 Å². The normalized spacial score (nSPS) is 14.0. The van der Waals surface area contributed by atoms with Crippen molar-refractivity contribution >= 4 is 13.8 Å². The highest BCUT2D eigenvalue weighted by Gasteiger charge is 2.20. The SMILES string of the molecule is CCCCCCCCCCCCCCCCCCCC(=O)OC(COCCCCCCCCC)COP(=O)([O-])OCC[N+](C)(C)C. The minimum atomic E-state index is -4.50. The third-order valence-corrected chi connectivity index (χ3v) is 9.37. The lowest BCUT2D eigenvalue weighted by atomic mass is 10.0. The van der Waals surface area contributed by atoms with Crippen LogP contribution in [0.2, 0.25) is 0 Å². The van der Waals surface area contributed by atoms with E-state index >= 15 is 0 Å². The van der Waals surface area contributed by atoms with Crippen molar-refractivity contribution in [3.8, 4) is 0 Å². The molecule has 0 aromatic rings. The predicted molar refractivity (Wildman–Crippen MR) is 190 cm³/mol. The van der Waals surface area contributed by atoms with Crippen molar-refractivity contribution in [3.05, 3.63) is 0 Å². The van der Waals surface area contributed by atoms with Crippen molar-refractivity contribution < 1.29 is 37.3 Å². The van der Waals surface area contributed by atoms with Crippen molar-refractivity contribution in [1.29, 1.82) is 0 Å². The molecule has 2 atom stereocenters. The molecule has 0 radical (unpaired) electrons. The first-order valence-corrected chi connectivity index (χ1v) is 20.7. The molecule has 0 spiro atoms. The van der Waals surface area contributed by atoms with Crippen LogP contribution in [0.5, 0.6) is 0 Å². The lowest BCUT2D eigenvalue weighted by Crippen LogP contribution is -2.37. The van der Waals surface area contributed by atoms with Crippen molar-refractivity contribution in [2.24, 2.45) is 0 Å². The van der Waals surface area contributed by atoms with Crippen molar-refractivity contribution in [3.63, 3.8) is 0 Å². The minimum absolute atomic E-state index is 0.0306. The number of ether oxygens (including phenoxy) is 2. The van der Waals surface area contributed by atoms with Gasteiger partial charge < -0.3 is 27.9 Å². The Morgan fingerprint density at radius 2 is 1.00 bits per heavy atom. The van der Waals surface area contributed by atoms with Crippen molar-refractivity contribution in [2.75, 3.05) is 54.1 Å². The molecule has 0 bridgehead atoms. The maximum atomic E-state index is 12.6. The number of hydrogen-bond acceptors (Lipinski definition) is 7. The molecule has 276 valence electrons. The number of phosphoric acid groups is 1. The number of likely N-dealkylation sites (N-methyl/N-ethyl adjacent to an activating group) is 1. The molecule has 0 rings (SSSR count). The van der Waals surface area contributed by atoms with E-state index in [1.807, 2.05) is 21.1 Å². The summed E-state index contributed by atoms with van der Waals surface area (Å²) in [5.41, 5.74) is 0. The van der Waals surface area contributed by atoms with E-state index in [9.17, 15) is 14.3 Å². The summed E-state index contributed by atoms with van der Waals surface area (Å²) in [6, 6.07) is 0. The molecular formula is C37H76NO7P. The Kier molecular flexibility index (Phi) is 31.4. The molecule has 0 aromatic heterocycles. The van der Waals surface area contributed by atoms with Crippen LogP contribution in [0.15, 0.2) is 0 Å². The first-order valence-electron chi connectivity index (χ1n) is 19.3. The van der Waals surface area contributed by atoms with Gasteiger partial charge >= 0.3 is 5.97 Å². The minimum Gasteiger partial charge on any atom is -0.756 e. The maximum absolute atomic E-state index is 12.6. The van der Waals surface area contributed by atoms with Crippen LogP contribution in [-0.2, 0) is 27.9 Å². The van der Waals surface area contributed by atoms with Gasteiger partial charge in [-0.05, 0) is 12.8 Å². The fraction of sp³-hybridized carbons (Fsp3) is 0.973. The van der Waals surface area contributed by atoms with Gasteiger partial charge in [-0.1, -0.05) is 155 Å². The topological polar surface area (TPSA) is 94.1 Å². The number of unbranched alkanes of at least 4 members (excludes halogenated alkanes) is 22. The van der Waals surface area contributed by atoms with Crippen LogP contribution in [0, 0.1) is 0 Å². The van der Waals surface area contributed by atoms with E-state index in [2.05, 4.69) is 13.8 Å². The highest BCUT2D eigenvalue weighted by atomic mass is 31.2. The number of quaternary nitrogens is 1. The molecule has 0 aliphatic heterocycles. The van der Waals surface area contributed by atoms with E-state index < -0.39 is 13.9 Å². The van der Waals surface area contributed by atoms with Crippen LogP contribution >= 0.6 is 7.82 Å². The Bertz CT molecular complexity index is 716. The largest absolute Gasteiger partial charge is 0.756 e. The molecule has 0 aliphatic rings. The van der Waals surface area contributed by atoms with Crippen LogP contribution in [-0.4, -0.2) is 70.7 Å². The maximum Gasteiger partial charge on any atom is 0.306 e. The Morgan fingerprint density at radius 1 is 0.587 bits per heavy atom. The van der Waals surface area contributed by atoms with Crippen LogP contribution < -0.4 is 4.89 Å². The molecule has 0 fully saturated rings. The van der Waals surface area contributed by atoms with Gasteiger partial charge in [0.05, 0.1) is 34.4 Å². The highest BCUT2D eigenvalue weighted by molar-refractivity contribution is 7.45. The van der Waals surface area contributed by atoms with Gasteiger partial charge in [0.15, 0.2) is 0 Å². The number of carbonyl (C=O) groups excluding carboxylic acids is 1. The number of rotatable bonds is 36. The van der Waals surface area contributed by atoms with E-state index in [1.165, 1.54) is 122 Å². The average Bonchev–Trinajstić information content (AvgIpc) is 2.99. The molecule has 2 unspecified atom stereocenters. The second-order valence-corrected chi connectivity index (χ2v) is 15.7. The summed E-state index contributed by atoms with van der Waals surface area (Å²) < 4.78 is 34.3. The monoisotopic (exact) mass is 678 g/mol. The summed E-state index contributed by atoms with van der Waals surface area (Å²) in [7, 11) is 1.37. The Hall–Kier alpha value is -0.500. The number of esters is 1. The smallest absolute Gasteiger partial charge is 0.306 e. The molecule has 0 heterocycles. The summed E-state index contributed by atoms with van der Waals surface area (Å²) in [6.07, 6.45) is 29.7. The van der Waals surface area contributed by atoms with Crippen molar-refractivity contribution in [1.82, 2.24) is 0 Å². The first-order chi connectivity index (χ1) is 22.1. The van der Waals surface area contributed by atoms with Crippen LogP contribution in [0.1, 0.15) is 174 Å². The molecule has 46 heavy (non-hydrogen) atoms. The zero-order valence-corrected chi connectivity index (χ0v) is 31.9. The van der Waals surface area contributed by atoms with Gasteiger partial charge in [-0.2, -0.15) is 0 Å². The second-order valence-electron chi connectivity index (χ2n) is 14.3. The number of carbonyl (C=O) groups is 1. The van der Waals surface area contributed by atoms with Gasteiger partial charge in [0.1, 0.15) is 19.3 Å². The standard InChI is InChI=1S/C37H76NO7P/c1-6-8-10-12-14-15-16-17-18-19-20-21-22-23-24-26-28-30-37(39)45-36(34-42-32-29-27-25-13-11-9-7-2)35-44-46(40,41)43-33-31-38(3,4)5/h36H,6-35H2,1-5H3. The van der Waals surface area contributed by atoms with Gasteiger partial charge in [0.25, 0.3) is 7.82 Å². The van der Waals surface area contributed by atoms with Gasteiger partial charge in [-0.15, -0.1) is 0 Å². The Labute approximate surface area is 285 Å². The van der Waals surface area contributed by atoms with E-state index in [1.54, 1.807) is 0 Å².